The van der Waals surface area contributed by atoms with Gasteiger partial charge in [0.25, 0.3) is 0 Å². The zero-order chi connectivity index (χ0) is 28.6. The van der Waals surface area contributed by atoms with Crippen LogP contribution in [0.5, 0.6) is 0 Å². The predicted molar refractivity (Wildman–Crippen MR) is 165 cm³/mol. The number of ether oxygens (including phenoxy) is 1. The van der Waals surface area contributed by atoms with Crippen LogP contribution in [0, 0.1) is 11.8 Å². The summed E-state index contributed by atoms with van der Waals surface area (Å²) in [6.07, 6.45) is 25.0. The number of halogens is 1. The van der Waals surface area contributed by atoms with Gasteiger partial charge in [0.2, 0.25) is 5.91 Å². The van der Waals surface area contributed by atoms with Crippen molar-refractivity contribution in [3.63, 3.8) is 0 Å². The van der Waals surface area contributed by atoms with Crippen molar-refractivity contribution >= 4 is 23.6 Å². The van der Waals surface area contributed by atoms with E-state index in [1.807, 2.05) is 20.2 Å². The Bertz CT molecular complexity index is 657. The third-order valence-electron chi connectivity index (χ3n) is 7.77. The number of nitrogens with one attached hydrogen (secondary N) is 2. The van der Waals surface area contributed by atoms with Gasteiger partial charge in [0, 0.05) is 30.0 Å². The Labute approximate surface area is 245 Å². The number of carbonyl (C=O) groups is 2. The molecule has 2 atom stereocenters. The highest BCUT2D eigenvalue weighted by Crippen LogP contribution is 2.32. The van der Waals surface area contributed by atoms with Gasteiger partial charge in [-0.1, -0.05) is 121 Å². The second-order valence-electron chi connectivity index (χ2n) is 11.7. The summed E-state index contributed by atoms with van der Waals surface area (Å²) in [5.41, 5.74) is 0. The normalized spacial score (nSPS) is 17.2. The standard InChI is InChI=1S/C32H60ClN3O3/c1-4-5-6-7-8-9-10-11-12-13-14-15-16-17-18-19-23-34-31(37)30-22-21-29(33)26-28(30)27-39-32(38)35-24-20-25-36(2)3/h21,28,30H,4-20,22-27H2,1-3H3,(H,34,37)(H,35,38). The van der Waals surface area contributed by atoms with Crippen molar-refractivity contribution in [2.75, 3.05) is 40.3 Å². The molecule has 0 bridgehead atoms. The van der Waals surface area contributed by atoms with E-state index in [1.165, 1.54) is 89.9 Å². The van der Waals surface area contributed by atoms with Crippen LogP contribution in [-0.4, -0.2) is 57.2 Å². The van der Waals surface area contributed by atoms with Crippen LogP contribution in [0.15, 0.2) is 11.1 Å². The molecule has 1 aliphatic carbocycles. The smallest absolute Gasteiger partial charge is 0.407 e. The molecule has 1 aliphatic rings. The minimum atomic E-state index is -0.424. The van der Waals surface area contributed by atoms with E-state index in [2.05, 4.69) is 22.5 Å². The number of alkyl carbamates (subject to hydrolysis) is 1. The number of nitrogens with zero attached hydrogens (tertiary/aromatic N) is 1. The first-order chi connectivity index (χ1) is 18.9. The minimum Gasteiger partial charge on any atom is -0.449 e. The Kier molecular flexibility index (Phi) is 22.5. The fourth-order valence-electron chi connectivity index (χ4n) is 5.25. The van der Waals surface area contributed by atoms with Crippen molar-refractivity contribution in [1.29, 1.82) is 0 Å². The van der Waals surface area contributed by atoms with E-state index in [-0.39, 0.29) is 24.3 Å². The van der Waals surface area contributed by atoms with Crippen LogP contribution in [0.3, 0.4) is 0 Å². The molecule has 0 aliphatic heterocycles. The lowest BCUT2D eigenvalue weighted by atomic mass is 9.82. The molecule has 2 N–H and O–H groups in total. The first kappa shape index (κ1) is 35.8. The van der Waals surface area contributed by atoms with Crippen LogP contribution in [0.25, 0.3) is 0 Å². The molecule has 228 valence electrons. The van der Waals surface area contributed by atoms with Crippen LogP contribution >= 0.6 is 11.6 Å². The second-order valence-corrected chi connectivity index (χ2v) is 12.2. The number of hydrogen-bond acceptors (Lipinski definition) is 4. The summed E-state index contributed by atoms with van der Waals surface area (Å²) in [6.45, 7) is 4.68. The van der Waals surface area contributed by atoms with E-state index >= 15 is 0 Å². The minimum absolute atomic E-state index is 0.0522. The third kappa shape index (κ3) is 20.3. The maximum atomic E-state index is 12.9. The average molecular weight is 570 g/mol. The summed E-state index contributed by atoms with van der Waals surface area (Å²) in [5.74, 6) is -0.229. The van der Waals surface area contributed by atoms with Gasteiger partial charge in [-0.25, -0.2) is 4.79 Å². The number of unbranched alkanes of at least 4 members (excludes halogenated alkanes) is 15. The molecule has 0 aromatic carbocycles. The fourth-order valence-corrected chi connectivity index (χ4v) is 5.54. The Balaban J connectivity index is 2.05. The van der Waals surface area contributed by atoms with E-state index in [0.717, 1.165) is 30.8 Å². The summed E-state index contributed by atoms with van der Waals surface area (Å²) in [4.78, 5) is 27.0. The molecule has 2 amide bonds. The first-order valence-electron chi connectivity index (χ1n) is 16.1. The van der Waals surface area contributed by atoms with Crippen molar-refractivity contribution in [3.05, 3.63) is 11.1 Å². The zero-order valence-electron chi connectivity index (χ0n) is 25.5. The van der Waals surface area contributed by atoms with Gasteiger partial charge in [-0.2, -0.15) is 0 Å². The number of hydrogen-bond donors (Lipinski definition) is 2. The molecule has 6 nitrogen and oxygen atoms in total. The van der Waals surface area contributed by atoms with Gasteiger partial charge in [0.05, 0.1) is 6.61 Å². The predicted octanol–water partition coefficient (Wildman–Crippen LogP) is 8.19. The Hall–Kier alpha value is -1.27. The Morgan fingerprint density at radius 1 is 0.821 bits per heavy atom. The summed E-state index contributed by atoms with van der Waals surface area (Å²) >= 11 is 6.25. The number of amides is 2. The quantitative estimate of drug-likeness (QED) is 0.115. The van der Waals surface area contributed by atoms with Gasteiger partial charge in [0.1, 0.15) is 0 Å². The average Bonchev–Trinajstić information content (AvgIpc) is 2.91. The molecule has 0 radical (unpaired) electrons. The number of rotatable bonds is 24. The van der Waals surface area contributed by atoms with Crippen LogP contribution in [-0.2, 0) is 9.53 Å². The van der Waals surface area contributed by atoms with Crippen molar-refractivity contribution in [1.82, 2.24) is 15.5 Å². The molecule has 1 rings (SSSR count). The largest absolute Gasteiger partial charge is 0.449 e. The van der Waals surface area contributed by atoms with Gasteiger partial charge < -0.3 is 20.3 Å². The van der Waals surface area contributed by atoms with Gasteiger partial charge in [-0.3, -0.25) is 4.79 Å². The molecule has 2 unspecified atom stereocenters. The molecule has 0 saturated heterocycles. The van der Waals surface area contributed by atoms with Crippen LogP contribution in [0.4, 0.5) is 4.79 Å². The number of carbonyl (C=O) groups excluding carboxylic acids is 2. The van der Waals surface area contributed by atoms with E-state index in [1.54, 1.807) is 0 Å². The summed E-state index contributed by atoms with van der Waals surface area (Å²) in [5, 5.41) is 6.65. The van der Waals surface area contributed by atoms with Crippen molar-refractivity contribution < 1.29 is 14.3 Å². The maximum Gasteiger partial charge on any atom is 0.407 e. The lowest BCUT2D eigenvalue weighted by Gasteiger charge is -2.28. The lowest BCUT2D eigenvalue weighted by molar-refractivity contribution is -0.127. The molecular weight excluding hydrogens is 510 g/mol. The topological polar surface area (TPSA) is 70.7 Å². The van der Waals surface area contributed by atoms with Crippen molar-refractivity contribution in [3.8, 4) is 0 Å². The van der Waals surface area contributed by atoms with Gasteiger partial charge in [-0.15, -0.1) is 0 Å². The third-order valence-corrected chi connectivity index (χ3v) is 8.07. The summed E-state index contributed by atoms with van der Waals surface area (Å²) < 4.78 is 5.43. The van der Waals surface area contributed by atoms with Crippen molar-refractivity contribution in [2.45, 2.75) is 129 Å². The maximum absolute atomic E-state index is 12.9. The fraction of sp³-hybridized carbons (Fsp3) is 0.875. The molecule has 0 aromatic rings. The Morgan fingerprint density at radius 3 is 1.87 bits per heavy atom. The molecule has 0 spiro atoms. The van der Waals surface area contributed by atoms with Gasteiger partial charge >= 0.3 is 6.09 Å². The summed E-state index contributed by atoms with van der Waals surface area (Å²) in [7, 11) is 4.01. The zero-order valence-corrected chi connectivity index (χ0v) is 26.3. The monoisotopic (exact) mass is 569 g/mol. The molecule has 39 heavy (non-hydrogen) atoms. The molecule has 0 saturated carbocycles. The van der Waals surface area contributed by atoms with Crippen LogP contribution in [0.2, 0.25) is 0 Å². The highest BCUT2D eigenvalue weighted by Gasteiger charge is 2.32. The van der Waals surface area contributed by atoms with Crippen molar-refractivity contribution in [2.24, 2.45) is 11.8 Å². The Morgan fingerprint density at radius 2 is 1.33 bits per heavy atom. The highest BCUT2D eigenvalue weighted by atomic mass is 35.5. The van der Waals surface area contributed by atoms with Gasteiger partial charge in [-0.05, 0) is 46.3 Å². The van der Waals surface area contributed by atoms with E-state index in [9.17, 15) is 9.59 Å². The number of allylic oxidation sites excluding steroid dienone is 2. The van der Waals surface area contributed by atoms with Crippen LogP contribution < -0.4 is 10.6 Å². The second kappa shape index (κ2) is 24.5. The first-order valence-corrected chi connectivity index (χ1v) is 16.5. The summed E-state index contributed by atoms with van der Waals surface area (Å²) in [6, 6.07) is 0. The molecular formula is C32H60ClN3O3. The van der Waals surface area contributed by atoms with Crippen LogP contribution in [0.1, 0.15) is 129 Å². The SMILES string of the molecule is CCCCCCCCCCCCCCCCCCNC(=O)C1CC=C(Cl)CC1COC(=O)NCCCN(C)C. The molecule has 0 aromatic heterocycles. The van der Waals surface area contributed by atoms with E-state index in [4.69, 9.17) is 16.3 Å². The molecule has 7 heteroatoms. The van der Waals surface area contributed by atoms with Gasteiger partial charge in [0.15, 0.2) is 0 Å². The molecule has 0 fully saturated rings. The van der Waals surface area contributed by atoms with E-state index < -0.39 is 6.09 Å². The van der Waals surface area contributed by atoms with E-state index in [0.29, 0.717) is 25.9 Å². The highest BCUT2D eigenvalue weighted by molar-refractivity contribution is 6.29. The lowest BCUT2D eigenvalue weighted by Crippen LogP contribution is -2.39. The molecule has 0 heterocycles.